The molecule has 0 aliphatic heterocycles. The second-order valence-corrected chi connectivity index (χ2v) is 1.36. The average Bonchev–Trinajstić information content (AvgIpc) is 1.66. The van der Waals surface area contributed by atoms with Crippen LogP contribution in [0.5, 0.6) is 0 Å². The van der Waals surface area contributed by atoms with Crippen molar-refractivity contribution in [3.63, 3.8) is 0 Å². The van der Waals surface area contributed by atoms with Crippen LogP contribution >= 0.6 is 0 Å². The summed E-state index contributed by atoms with van der Waals surface area (Å²) in [6.45, 7) is 1.04. The van der Waals surface area contributed by atoms with Gasteiger partial charge in [-0.3, -0.25) is 4.79 Å². The van der Waals surface area contributed by atoms with Crippen molar-refractivity contribution in [1.29, 1.82) is 0 Å². The minimum atomic E-state index is -0.849. The molecule has 0 amide bonds. The average molecular weight is 166 g/mol. The zero-order valence-corrected chi connectivity index (χ0v) is 6.62. The minimum Gasteiger partial charge on any atom is -0.480 e. The smallest absolute Gasteiger partial charge is 0.317 e. The number of carboxylic acids is 1. The molecule has 0 aromatic rings. The Morgan fingerprint density at radius 3 is 2.56 bits per heavy atom. The summed E-state index contributed by atoms with van der Waals surface area (Å²) in [5, 5.41) is 10.6. The fourth-order valence-corrected chi connectivity index (χ4v) is 0.297. The van der Waals surface area contributed by atoms with Gasteiger partial charge in [-0.15, -0.1) is 0 Å². The van der Waals surface area contributed by atoms with Gasteiger partial charge in [0.05, 0.1) is 6.54 Å². The molecule has 0 rings (SSSR count). The van der Waals surface area contributed by atoms with Gasteiger partial charge in [0, 0.05) is 34.8 Å². The van der Waals surface area contributed by atoms with E-state index < -0.39 is 5.97 Å². The van der Waals surface area contributed by atoms with Gasteiger partial charge in [-0.2, -0.15) is 0 Å². The molecule has 0 aliphatic carbocycles. The van der Waals surface area contributed by atoms with Crippen molar-refractivity contribution in [2.75, 3.05) is 19.6 Å². The van der Waals surface area contributed by atoms with Crippen molar-refractivity contribution in [3.05, 3.63) is 0 Å². The summed E-state index contributed by atoms with van der Waals surface area (Å²) in [6, 6.07) is 0. The predicted molar refractivity (Wildman–Crippen MR) is 29.6 cm³/mol. The van der Waals surface area contributed by atoms with Crippen LogP contribution < -0.4 is 11.1 Å². The van der Waals surface area contributed by atoms with Gasteiger partial charge in [0.15, 0.2) is 0 Å². The Bertz CT molecular complexity index is 79.0. The molecule has 0 atom stereocenters. The number of nitrogens with one attached hydrogen (secondary N) is 1. The fraction of sp³-hybridized carbons (Fsp3) is 0.750. The van der Waals surface area contributed by atoms with Crippen molar-refractivity contribution in [2.24, 2.45) is 5.73 Å². The van der Waals surface area contributed by atoms with E-state index in [9.17, 15) is 4.79 Å². The van der Waals surface area contributed by atoms with E-state index in [-0.39, 0.29) is 28.3 Å². The molecular formula is C4H10N2O2Ti. The van der Waals surface area contributed by atoms with E-state index in [0.717, 1.165) is 0 Å². The van der Waals surface area contributed by atoms with Crippen LogP contribution in [-0.2, 0) is 26.5 Å². The largest absolute Gasteiger partial charge is 0.480 e. The van der Waals surface area contributed by atoms with Crippen LogP contribution in [0.1, 0.15) is 0 Å². The van der Waals surface area contributed by atoms with E-state index in [1.165, 1.54) is 0 Å². The van der Waals surface area contributed by atoms with E-state index in [2.05, 4.69) is 5.32 Å². The number of nitrogens with two attached hydrogens (primary N) is 1. The molecule has 0 aliphatic rings. The van der Waals surface area contributed by atoms with E-state index in [1.807, 2.05) is 0 Å². The Balaban J connectivity index is 0. The third-order valence-corrected chi connectivity index (χ3v) is 0.597. The van der Waals surface area contributed by atoms with E-state index in [0.29, 0.717) is 13.1 Å². The molecule has 52 valence electrons. The third-order valence-electron chi connectivity index (χ3n) is 0.597. The van der Waals surface area contributed by atoms with Gasteiger partial charge < -0.3 is 16.2 Å². The Morgan fingerprint density at radius 2 is 2.22 bits per heavy atom. The maximum Gasteiger partial charge on any atom is 0.317 e. The normalized spacial score (nSPS) is 8.11. The summed E-state index contributed by atoms with van der Waals surface area (Å²) in [4.78, 5) is 9.77. The summed E-state index contributed by atoms with van der Waals surface area (Å²) in [6.07, 6.45) is 0. The third kappa shape index (κ3) is 11.6. The first-order chi connectivity index (χ1) is 3.77. The molecule has 0 spiro atoms. The zero-order chi connectivity index (χ0) is 6.41. The molecular weight excluding hydrogens is 156 g/mol. The number of carbonyl (C=O) groups is 1. The Morgan fingerprint density at radius 1 is 1.67 bits per heavy atom. The van der Waals surface area contributed by atoms with Gasteiger partial charge >= 0.3 is 5.97 Å². The molecule has 0 bridgehead atoms. The van der Waals surface area contributed by atoms with Gasteiger partial charge in [-0.05, 0) is 0 Å². The van der Waals surface area contributed by atoms with Crippen molar-refractivity contribution in [3.8, 4) is 0 Å². The quantitative estimate of drug-likeness (QED) is 0.355. The molecule has 0 aromatic heterocycles. The number of hydrogen-bond acceptors (Lipinski definition) is 3. The van der Waals surface area contributed by atoms with E-state index in [1.54, 1.807) is 0 Å². The monoisotopic (exact) mass is 166 g/mol. The molecule has 0 aromatic carbocycles. The zero-order valence-electron chi connectivity index (χ0n) is 5.05. The Kier molecular flexibility index (Phi) is 10.7. The van der Waals surface area contributed by atoms with Crippen molar-refractivity contribution in [1.82, 2.24) is 5.32 Å². The van der Waals surface area contributed by atoms with Gasteiger partial charge in [0.2, 0.25) is 0 Å². The van der Waals surface area contributed by atoms with Crippen LogP contribution in [0.3, 0.4) is 0 Å². The molecule has 5 heteroatoms. The molecule has 4 nitrogen and oxygen atoms in total. The number of rotatable bonds is 4. The molecule has 4 N–H and O–H groups in total. The van der Waals surface area contributed by atoms with Crippen molar-refractivity contribution < 1.29 is 31.6 Å². The first-order valence-corrected chi connectivity index (χ1v) is 2.40. The molecule has 0 unspecified atom stereocenters. The van der Waals surface area contributed by atoms with Crippen molar-refractivity contribution >= 4 is 5.97 Å². The van der Waals surface area contributed by atoms with Crippen LogP contribution in [0, 0.1) is 0 Å². The summed E-state index contributed by atoms with van der Waals surface area (Å²) < 4.78 is 0. The van der Waals surface area contributed by atoms with E-state index in [4.69, 9.17) is 10.8 Å². The molecule has 0 fully saturated rings. The van der Waals surface area contributed by atoms with Gasteiger partial charge in [0.1, 0.15) is 0 Å². The van der Waals surface area contributed by atoms with Crippen LogP contribution in [0.4, 0.5) is 0 Å². The summed E-state index contributed by atoms with van der Waals surface area (Å²) in [5.74, 6) is -0.849. The predicted octanol–water partition coefficient (Wildman–Crippen LogP) is -1.38. The molecule has 0 heterocycles. The van der Waals surface area contributed by atoms with Crippen molar-refractivity contribution in [2.45, 2.75) is 0 Å². The van der Waals surface area contributed by atoms with Crippen LogP contribution in [-0.4, -0.2) is 30.7 Å². The van der Waals surface area contributed by atoms with Gasteiger partial charge in [0.25, 0.3) is 0 Å². The topological polar surface area (TPSA) is 75.3 Å². The summed E-state index contributed by atoms with van der Waals surface area (Å²) >= 11 is 0. The molecule has 0 radical (unpaired) electrons. The second-order valence-electron chi connectivity index (χ2n) is 1.36. The Hall–Kier alpha value is 0.104. The van der Waals surface area contributed by atoms with E-state index >= 15 is 0 Å². The SMILES string of the molecule is NCCNCC(=O)O.[Ti]. The summed E-state index contributed by atoms with van der Waals surface area (Å²) in [7, 11) is 0. The first kappa shape index (κ1) is 11.8. The van der Waals surface area contributed by atoms with Crippen LogP contribution in [0.25, 0.3) is 0 Å². The van der Waals surface area contributed by atoms with Crippen LogP contribution in [0.15, 0.2) is 0 Å². The van der Waals surface area contributed by atoms with Crippen LogP contribution in [0.2, 0.25) is 0 Å². The maximum absolute atomic E-state index is 9.77. The fourth-order valence-electron chi connectivity index (χ4n) is 0.297. The number of hydrogen-bond donors (Lipinski definition) is 3. The minimum absolute atomic E-state index is 0. The Labute approximate surface area is 68.7 Å². The molecule has 9 heavy (non-hydrogen) atoms. The van der Waals surface area contributed by atoms with Gasteiger partial charge in [-0.1, -0.05) is 0 Å². The first-order valence-electron chi connectivity index (χ1n) is 2.40. The molecule has 0 saturated carbocycles. The number of carboxylic acid groups (broad SMARTS) is 1. The molecule has 0 saturated heterocycles. The van der Waals surface area contributed by atoms with Gasteiger partial charge in [-0.25, -0.2) is 0 Å². The maximum atomic E-state index is 9.77. The second kappa shape index (κ2) is 8.10. The standard InChI is InChI=1S/C4H10N2O2.Ti/c5-1-2-6-3-4(7)8;/h6H,1-3,5H2,(H,7,8);. The summed E-state index contributed by atoms with van der Waals surface area (Å²) in [5.41, 5.74) is 5.06. The number of aliphatic carboxylic acids is 1.